The summed E-state index contributed by atoms with van der Waals surface area (Å²) >= 11 is 3.94. The molecule has 0 aromatic rings. The molecule has 11 heavy (non-hydrogen) atoms. The van der Waals surface area contributed by atoms with Gasteiger partial charge in [-0.1, -0.05) is 10.8 Å². The largest absolute Gasteiger partial charge is 0.480 e. The molecule has 0 saturated carbocycles. The molecule has 1 unspecified atom stereocenters. The summed E-state index contributed by atoms with van der Waals surface area (Å²) in [7, 11) is 4.67. The molecule has 1 N–H and O–H groups in total. The van der Waals surface area contributed by atoms with Gasteiger partial charge in [0.15, 0.2) is 0 Å². The number of hydrogen-bond acceptors (Lipinski definition) is 5. The third kappa shape index (κ3) is 4.15. The van der Waals surface area contributed by atoms with Crippen LogP contribution in [0, 0.1) is 0 Å². The third-order valence-corrected chi connectivity index (χ3v) is 3.23. The fourth-order valence-corrected chi connectivity index (χ4v) is 2.55. The molecule has 0 aliphatic heterocycles. The van der Waals surface area contributed by atoms with Gasteiger partial charge in [0, 0.05) is 5.75 Å². The number of carboxylic acid groups (broad SMARTS) is 1. The molecule has 1 atom stereocenters. The number of hydrogen-bond donors (Lipinski definition) is 2. The zero-order chi connectivity index (χ0) is 8.85. The SMILES string of the molecule is CSSN(C)C(CS)C(=O)O. The molecule has 0 aromatic heterocycles. The van der Waals surface area contributed by atoms with Gasteiger partial charge in [-0.2, -0.15) is 12.6 Å². The Kier molecular flexibility index (Phi) is 6.31. The van der Waals surface area contributed by atoms with Gasteiger partial charge in [-0.05, 0) is 24.3 Å². The van der Waals surface area contributed by atoms with E-state index in [0.29, 0.717) is 5.75 Å². The van der Waals surface area contributed by atoms with Crippen LogP contribution >= 0.6 is 34.4 Å². The fourth-order valence-electron chi connectivity index (χ4n) is 0.518. The molecule has 3 nitrogen and oxygen atoms in total. The first-order valence-electron chi connectivity index (χ1n) is 2.90. The van der Waals surface area contributed by atoms with Crippen molar-refractivity contribution in [3.8, 4) is 0 Å². The highest BCUT2D eigenvalue weighted by Gasteiger charge is 2.20. The van der Waals surface area contributed by atoms with E-state index in [1.54, 1.807) is 11.4 Å². The van der Waals surface area contributed by atoms with Crippen molar-refractivity contribution in [2.24, 2.45) is 0 Å². The molecule has 0 bridgehead atoms. The van der Waals surface area contributed by atoms with Crippen LogP contribution in [-0.2, 0) is 4.79 Å². The molecule has 6 heteroatoms. The van der Waals surface area contributed by atoms with Crippen molar-refractivity contribution in [2.75, 3.05) is 19.1 Å². The molecular formula is C5H11NO2S3. The maximum atomic E-state index is 10.5. The summed E-state index contributed by atoms with van der Waals surface area (Å²) in [6, 6.07) is -0.504. The number of carbonyl (C=O) groups is 1. The summed E-state index contributed by atoms with van der Waals surface area (Å²) in [5.41, 5.74) is 0. The van der Waals surface area contributed by atoms with Gasteiger partial charge in [-0.25, -0.2) is 4.31 Å². The lowest BCUT2D eigenvalue weighted by Crippen LogP contribution is -2.35. The van der Waals surface area contributed by atoms with E-state index in [-0.39, 0.29) is 0 Å². The molecule has 0 aliphatic rings. The van der Waals surface area contributed by atoms with Gasteiger partial charge in [0.05, 0.1) is 0 Å². The van der Waals surface area contributed by atoms with Crippen LogP contribution in [0.4, 0.5) is 0 Å². The fraction of sp³-hybridized carbons (Fsp3) is 0.800. The summed E-state index contributed by atoms with van der Waals surface area (Å²) in [5.74, 6) is -0.497. The van der Waals surface area contributed by atoms with Crippen molar-refractivity contribution in [2.45, 2.75) is 6.04 Å². The van der Waals surface area contributed by atoms with Gasteiger partial charge in [0.2, 0.25) is 0 Å². The van der Waals surface area contributed by atoms with E-state index in [1.807, 2.05) is 6.26 Å². The second-order valence-electron chi connectivity index (χ2n) is 1.82. The molecule has 0 amide bonds. The summed E-state index contributed by atoms with van der Waals surface area (Å²) < 4.78 is 1.68. The molecule has 0 heterocycles. The molecule has 0 aliphatic carbocycles. The first-order chi connectivity index (χ1) is 5.13. The number of likely N-dealkylation sites (N-methyl/N-ethyl adjacent to an activating group) is 1. The Morgan fingerprint density at radius 2 is 2.36 bits per heavy atom. The first kappa shape index (κ1) is 11.5. The number of carboxylic acids is 1. The Balaban J connectivity index is 3.91. The Labute approximate surface area is 79.9 Å². The minimum absolute atomic E-state index is 0.333. The lowest BCUT2D eigenvalue weighted by molar-refractivity contribution is -0.140. The van der Waals surface area contributed by atoms with Crippen LogP contribution in [0.3, 0.4) is 0 Å². The first-order valence-corrected chi connectivity index (χ1v) is 6.05. The molecule has 0 fully saturated rings. The van der Waals surface area contributed by atoms with E-state index in [2.05, 4.69) is 12.6 Å². The van der Waals surface area contributed by atoms with Crippen molar-refractivity contribution >= 4 is 40.4 Å². The van der Waals surface area contributed by atoms with E-state index in [9.17, 15) is 4.79 Å². The summed E-state index contributed by atoms with van der Waals surface area (Å²) in [6.07, 6.45) is 1.90. The maximum absolute atomic E-state index is 10.5. The Hall–Kier alpha value is 0.480. The van der Waals surface area contributed by atoms with Crippen LogP contribution in [-0.4, -0.2) is 40.5 Å². The summed E-state index contributed by atoms with van der Waals surface area (Å²) in [4.78, 5) is 10.5. The molecule has 0 rings (SSSR count). The van der Waals surface area contributed by atoms with Crippen molar-refractivity contribution in [3.63, 3.8) is 0 Å². The van der Waals surface area contributed by atoms with E-state index in [1.165, 1.54) is 21.8 Å². The number of aliphatic carboxylic acids is 1. The van der Waals surface area contributed by atoms with Crippen LogP contribution in [0.25, 0.3) is 0 Å². The van der Waals surface area contributed by atoms with Crippen LogP contribution in [0.2, 0.25) is 0 Å². The van der Waals surface area contributed by atoms with Gasteiger partial charge < -0.3 is 5.11 Å². The van der Waals surface area contributed by atoms with Crippen molar-refractivity contribution in [1.29, 1.82) is 0 Å². The predicted molar refractivity (Wildman–Crippen MR) is 54.1 cm³/mol. The highest BCUT2D eigenvalue weighted by atomic mass is 33.1. The lowest BCUT2D eigenvalue weighted by atomic mass is 10.3. The number of rotatable bonds is 5. The Morgan fingerprint density at radius 3 is 2.64 bits per heavy atom. The predicted octanol–water partition coefficient (Wildman–Crippen LogP) is 1.23. The normalized spacial score (nSPS) is 13.5. The average molecular weight is 213 g/mol. The zero-order valence-electron chi connectivity index (χ0n) is 6.35. The summed E-state index contributed by atoms with van der Waals surface area (Å²) in [6.45, 7) is 0. The highest BCUT2D eigenvalue weighted by molar-refractivity contribution is 8.75. The summed E-state index contributed by atoms with van der Waals surface area (Å²) in [5, 5.41) is 8.66. The topological polar surface area (TPSA) is 40.5 Å². The number of nitrogens with zero attached hydrogens (tertiary/aromatic N) is 1. The Bertz CT molecular complexity index is 133. The second-order valence-corrected chi connectivity index (χ2v) is 4.69. The van der Waals surface area contributed by atoms with Crippen molar-refractivity contribution in [3.05, 3.63) is 0 Å². The quantitative estimate of drug-likeness (QED) is 0.408. The van der Waals surface area contributed by atoms with Gasteiger partial charge in [-0.15, -0.1) is 0 Å². The third-order valence-electron chi connectivity index (χ3n) is 1.09. The molecule has 0 aromatic carbocycles. The lowest BCUT2D eigenvalue weighted by Gasteiger charge is -2.19. The Morgan fingerprint density at radius 1 is 1.82 bits per heavy atom. The van der Waals surface area contributed by atoms with E-state index in [4.69, 9.17) is 5.11 Å². The van der Waals surface area contributed by atoms with Crippen molar-refractivity contribution in [1.82, 2.24) is 4.31 Å². The molecular weight excluding hydrogens is 202 g/mol. The van der Waals surface area contributed by atoms with Crippen LogP contribution in [0.1, 0.15) is 0 Å². The minimum Gasteiger partial charge on any atom is -0.480 e. The van der Waals surface area contributed by atoms with E-state index < -0.39 is 12.0 Å². The van der Waals surface area contributed by atoms with Crippen LogP contribution in [0.15, 0.2) is 0 Å². The molecule has 0 saturated heterocycles. The highest BCUT2D eigenvalue weighted by Crippen LogP contribution is 2.23. The van der Waals surface area contributed by atoms with Gasteiger partial charge in [0.1, 0.15) is 6.04 Å². The molecule has 66 valence electrons. The zero-order valence-corrected chi connectivity index (χ0v) is 8.88. The maximum Gasteiger partial charge on any atom is 0.322 e. The van der Waals surface area contributed by atoms with Gasteiger partial charge in [0.25, 0.3) is 0 Å². The smallest absolute Gasteiger partial charge is 0.322 e. The van der Waals surface area contributed by atoms with Crippen LogP contribution < -0.4 is 0 Å². The van der Waals surface area contributed by atoms with Crippen LogP contribution in [0.5, 0.6) is 0 Å². The standard InChI is InChI=1S/C5H11NO2S3/c1-6(11-10-2)4(3-9)5(7)8/h4,9H,3H2,1-2H3,(H,7,8). The van der Waals surface area contributed by atoms with E-state index >= 15 is 0 Å². The van der Waals surface area contributed by atoms with Gasteiger partial charge >= 0.3 is 5.97 Å². The monoisotopic (exact) mass is 213 g/mol. The molecule has 0 spiro atoms. The van der Waals surface area contributed by atoms with Gasteiger partial charge in [-0.3, -0.25) is 4.79 Å². The van der Waals surface area contributed by atoms with E-state index in [0.717, 1.165) is 0 Å². The second kappa shape index (κ2) is 6.05. The minimum atomic E-state index is -0.830. The molecule has 0 radical (unpaired) electrons. The van der Waals surface area contributed by atoms with Crippen molar-refractivity contribution < 1.29 is 9.90 Å². The average Bonchev–Trinajstić information content (AvgIpc) is 1.88. The number of thiol groups is 1.